The standard InChI is InChI=1S/C2H2N2S3.Li.H/c5-1-3-4-2(6)7-1;;/h(H,3,5)(H,4,6);;/q;+1;-1. The number of rotatable bonds is 0. The van der Waals surface area contributed by atoms with Crippen LogP contribution in [0.15, 0.2) is 0 Å². The third-order valence-electron chi connectivity index (χ3n) is 0.452. The van der Waals surface area contributed by atoms with Crippen molar-refractivity contribution in [2.45, 2.75) is 0 Å². The van der Waals surface area contributed by atoms with Crippen LogP contribution in [-0.2, 0) is 0 Å². The molecule has 1 heterocycles. The van der Waals surface area contributed by atoms with E-state index in [2.05, 4.69) is 10.2 Å². The summed E-state index contributed by atoms with van der Waals surface area (Å²) in [5, 5.41) is 5.34. The van der Waals surface area contributed by atoms with Gasteiger partial charge in [-0.15, -0.1) is 0 Å². The Morgan fingerprint density at radius 2 is 1.62 bits per heavy atom. The summed E-state index contributed by atoms with van der Waals surface area (Å²) in [5.41, 5.74) is 0. The Labute approximate surface area is 74.0 Å². The molecule has 0 aliphatic carbocycles. The van der Waals surface area contributed by atoms with Gasteiger partial charge in [0.2, 0.25) is 0 Å². The summed E-state index contributed by atoms with van der Waals surface area (Å²) in [7, 11) is 0. The molecular formula is C2H3LiN2S3. The maximum atomic E-state index is 4.70. The Bertz CT molecular complexity index is 224. The molecule has 0 unspecified atom stereocenters. The molecule has 0 amide bonds. The second kappa shape index (κ2) is 3.59. The summed E-state index contributed by atoms with van der Waals surface area (Å²) in [5.74, 6) is 0. The van der Waals surface area contributed by atoms with Gasteiger partial charge in [-0.25, -0.2) is 0 Å². The quantitative estimate of drug-likeness (QED) is 0.374. The van der Waals surface area contributed by atoms with Gasteiger partial charge in [0.15, 0.2) is 7.91 Å². The largest absolute Gasteiger partial charge is 1.00 e. The van der Waals surface area contributed by atoms with Crippen LogP contribution < -0.4 is 18.9 Å². The molecule has 0 saturated carbocycles. The predicted molar refractivity (Wildman–Crippen MR) is 35.8 cm³/mol. The first-order valence-electron chi connectivity index (χ1n) is 1.57. The summed E-state index contributed by atoms with van der Waals surface area (Å²) in [6, 6.07) is 0. The molecule has 1 aromatic heterocycles. The van der Waals surface area contributed by atoms with E-state index in [1.807, 2.05) is 0 Å². The first-order valence-corrected chi connectivity index (χ1v) is 3.20. The number of nitrogens with one attached hydrogen (secondary N) is 2. The normalized spacial score (nSPS) is 8.00. The molecule has 0 saturated heterocycles. The van der Waals surface area contributed by atoms with Crippen LogP contribution in [0.2, 0.25) is 0 Å². The Morgan fingerprint density at radius 3 is 1.75 bits per heavy atom. The number of hydrogen-bond acceptors (Lipinski definition) is 3. The van der Waals surface area contributed by atoms with E-state index in [0.717, 1.165) is 0 Å². The van der Waals surface area contributed by atoms with Crippen molar-refractivity contribution in [3.63, 3.8) is 0 Å². The van der Waals surface area contributed by atoms with Gasteiger partial charge in [0.05, 0.1) is 0 Å². The smallest absolute Gasteiger partial charge is 1.00 e. The molecule has 2 nitrogen and oxygen atoms in total. The fourth-order valence-electron chi connectivity index (χ4n) is 0.237. The van der Waals surface area contributed by atoms with Gasteiger partial charge >= 0.3 is 18.9 Å². The van der Waals surface area contributed by atoms with Gasteiger partial charge in [0, 0.05) is 0 Å². The minimum Gasteiger partial charge on any atom is -1.00 e. The molecule has 8 heavy (non-hydrogen) atoms. The van der Waals surface area contributed by atoms with Crippen molar-refractivity contribution in [1.29, 1.82) is 0 Å². The van der Waals surface area contributed by atoms with Gasteiger partial charge in [-0.05, 0) is 24.4 Å². The van der Waals surface area contributed by atoms with Crippen LogP contribution in [0, 0.1) is 7.91 Å². The number of H-pyrrole nitrogens is 2. The molecule has 40 valence electrons. The molecule has 0 aliphatic heterocycles. The van der Waals surface area contributed by atoms with Crippen molar-refractivity contribution in [2.24, 2.45) is 0 Å². The molecule has 1 aromatic rings. The number of aromatic nitrogens is 2. The zero-order valence-electron chi connectivity index (χ0n) is 5.22. The summed E-state index contributed by atoms with van der Waals surface area (Å²) in [6.45, 7) is 0. The van der Waals surface area contributed by atoms with E-state index < -0.39 is 0 Å². The average molecular weight is 158 g/mol. The molecule has 0 radical (unpaired) electrons. The van der Waals surface area contributed by atoms with E-state index in [-0.39, 0.29) is 20.3 Å². The maximum absolute atomic E-state index is 4.70. The van der Waals surface area contributed by atoms with Crippen LogP contribution in [-0.4, -0.2) is 10.2 Å². The number of aromatic amines is 2. The van der Waals surface area contributed by atoms with Crippen molar-refractivity contribution in [3.8, 4) is 0 Å². The Kier molecular flexibility index (Phi) is 3.86. The summed E-state index contributed by atoms with van der Waals surface area (Å²) in [6.07, 6.45) is 0. The van der Waals surface area contributed by atoms with Crippen LogP contribution >= 0.6 is 35.8 Å². The number of hydrogen-bond donors (Lipinski definition) is 2. The Hall–Kier alpha value is 0.597. The zero-order valence-corrected chi connectivity index (χ0v) is 6.67. The van der Waals surface area contributed by atoms with Crippen LogP contribution in [0.3, 0.4) is 0 Å². The molecule has 0 spiro atoms. The zero-order chi connectivity index (χ0) is 5.28. The first-order chi connectivity index (χ1) is 3.29. The van der Waals surface area contributed by atoms with E-state index in [1.54, 1.807) is 0 Å². The van der Waals surface area contributed by atoms with Crippen LogP contribution in [0.25, 0.3) is 0 Å². The minimum absolute atomic E-state index is 0. The molecule has 0 aliphatic rings. The van der Waals surface area contributed by atoms with E-state index in [1.165, 1.54) is 11.3 Å². The summed E-state index contributed by atoms with van der Waals surface area (Å²) < 4.78 is 1.40. The van der Waals surface area contributed by atoms with Gasteiger partial charge in [-0.1, -0.05) is 11.3 Å². The van der Waals surface area contributed by atoms with Gasteiger partial charge in [-0.3, -0.25) is 10.2 Å². The third-order valence-corrected chi connectivity index (χ3v) is 1.73. The fraction of sp³-hybridized carbons (Fsp3) is 0. The van der Waals surface area contributed by atoms with Gasteiger partial charge in [0.25, 0.3) is 0 Å². The van der Waals surface area contributed by atoms with Gasteiger partial charge in [-0.2, -0.15) is 0 Å². The maximum Gasteiger partial charge on any atom is 1.00 e. The monoisotopic (exact) mass is 158 g/mol. The third kappa shape index (κ3) is 2.24. The molecule has 0 bridgehead atoms. The minimum atomic E-state index is 0. The molecule has 0 fully saturated rings. The van der Waals surface area contributed by atoms with Crippen LogP contribution in [0.1, 0.15) is 1.43 Å². The summed E-state index contributed by atoms with van der Waals surface area (Å²) >= 11 is 10.8. The molecule has 0 atom stereocenters. The van der Waals surface area contributed by atoms with E-state index in [0.29, 0.717) is 7.91 Å². The Morgan fingerprint density at radius 1 is 1.25 bits per heavy atom. The SMILES string of the molecule is S=c1[nH][nH]c(=S)s1.[H-].[Li+]. The second-order valence-corrected chi connectivity index (χ2v) is 3.28. The molecular weight excluding hydrogens is 155 g/mol. The van der Waals surface area contributed by atoms with E-state index in [9.17, 15) is 0 Å². The molecule has 0 aromatic carbocycles. The second-order valence-electron chi connectivity index (χ2n) is 0.927. The van der Waals surface area contributed by atoms with Crippen molar-refractivity contribution in [3.05, 3.63) is 7.91 Å². The van der Waals surface area contributed by atoms with E-state index in [4.69, 9.17) is 24.4 Å². The van der Waals surface area contributed by atoms with Crippen LogP contribution in [0.5, 0.6) is 0 Å². The van der Waals surface area contributed by atoms with E-state index >= 15 is 0 Å². The predicted octanol–water partition coefficient (Wildman–Crippen LogP) is -1.02. The summed E-state index contributed by atoms with van der Waals surface area (Å²) in [4.78, 5) is 0. The van der Waals surface area contributed by atoms with Gasteiger partial charge in [0.1, 0.15) is 0 Å². The van der Waals surface area contributed by atoms with Gasteiger partial charge < -0.3 is 1.43 Å². The molecule has 2 N–H and O–H groups in total. The van der Waals surface area contributed by atoms with Crippen molar-refractivity contribution >= 4 is 35.8 Å². The fourth-order valence-corrected chi connectivity index (χ4v) is 1.37. The van der Waals surface area contributed by atoms with Crippen molar-refractivity contribution in [1.82, 2.24) is 10.2 Å². The first kappa shape index (κ1) is 8.60. The van der Waals surface area contributed by atoms with Crippen LogP contribution in [0.4, 0.5) is 0 Å². The van der Waals surface area contributed by atoms with Crippen molar-refractivity contribution in [2.75, 3.05) is 0 Å². The molecule has 6 heteroatoms. The van der Waals surface area contributed by atoms with Crippen molar-refractivity contribution < 1.29 is 20.3 Å². The topological polar surface area (TPSA) is 31.6 Å². The average Bonchev–Trinajstić information content (AvgIpc) is 1.87. The molecule has 1 rings (SSSR count). The Balaban J connectivity index is 0.